The lowest BCUT2D eigenvalue weighted by molar-refractivity contribution is -0.135. The minimum Gasteiger partial charge on any atom is -0.339 e. The number of nitrogens with one attached hydrogen (secondary N) is 2. The molecular weight excluding hydrogens is 268 g/mol. The maximum Gasteiger partial charge on any atom is 0.242 e. The highest BCUT2D eigenvalue weighted by Crippen LogP contribution is 2.11. The fourth-order valence-corrected chi connectivity index (χ4v) is 2.79. The third-order valence-corrected chi connectivity index (χ3v) is 4.01. The molecule has 2 heterocycles. The molecular formula is C15H20N4O2. The van der Waals surface area contributed by atoms with E-state index in [1.165, 1.54) is 5.56 Å². The highest BCUT2D eigenvalue weighted by atomic mass is 16.2. The standard InChI is InChI=1S/C15H20N4O2/c20-14-10-13(16-17-14)15(21)19-8-6-18(7-9-19)11-12-4-2-1-3-5-12/h1-5,13,16H,6-11H2,(H,17,20). The number of nitrogens with zero attached hydrogens (tertiary/aromatic N) is 2. The van der Waals surface area contributed by atoms with Gasteiger partial charge < -0.3 is 4.90 Å². The molecule has 1 aromatic carbocycles. The smallest absolute Gasteiger partial charge is 0.242 e. The molecule has 3 rings (SSSR count). The molecule has 0 spiro atoms. The first-order chi connectivity index (χ1) is 10.2. The number of piperazine rings is 1. The Labute approximate surface area is 124 Å². The molecule has 2 N–H and O–H groups in total. The molecule has 1 atom stereocenters. The van der Waals surface area contributed by atoms with Crippen molar-refractivity contribution >= 4 is 11.8 Å². The summed E-state index contributed by atoms with van der Waals surface area (Å²) >= 11 is 0. The molecule has 1 aromatic rings. The van der Waals surface area contributed by atoms with Crippen LogP contribution < -0.4 is 10.9 Å². The van der Waals surface area contributed by atoms with Crippen molar-refractivity contribution in [3.05, 3.63) is 35.9 Å². The van der Waals surface area contributed by atoms with E-state index in [-0.39, 0.29) is 18.2 Å². The lowest BCUT2D eigenvalue weighted by Gasteiger charge is -2.35. The zero-order chi connectivity index (χ0) is 14.7. The van der Waals surface area contributed by atoms with Gasteiger partial charge in [0.1, 0.15) is 6.04 Å². The lowest BCUT2D eigenvalue weighted by atomic mass is 10.1. The van der Waals surface area contributed by atoms with E-state index in [0.29, 0.717) is 0 Å². The predicted octanol–water partition coefficient (Wildman–Crippen LogP) is -0.276. The summed E-state index contributed by atoms with van der Waals surface area (Å²) in [6.07, 6.45) is 0.239. The summed E-state index contributed by atoms with van der Waals surface area (Å²) in [5, 5.41) is 0. The van der Waals surface area contributed by atoms with Gasteiger partial charge in [-0.3, -0.25) is 19.9 Å². The van der Waals surface area contributed by atoms with Crippen LogP contribution in [0.1, 0.15) is 12.0 Å². The zero-order valence-corrected chi connectivity index (χ0v) is 11.9. The zero-order valence-electron chi connectivity index (χ0n) is 11.9. The van der Waals surface area contributed by atoms with E-state index in [0.717, 1.165) is 32.7 Å². The number of rotatable bonds is 3. The van der Waals surface area contributed by atoms with E-state index in [9.17, 15) is 9.59 Å². The van der Waals surface area contributed by atoms with E-state index in [2.05, 4.69) is 27.9 Å². The van der Waals surface area contributed by atoms with Crippen LogP contribution in [0, 0.1) is 0 Å². The van der Waals surface area contributed by atoms with Crippen LogP contribution in [-0.2, 0) is 16.1 Å². The van der Waals surface area contributed by atoms with Crippen LogP contribution in [0.15, 0.2) is 30.3 Å². The first-order valence-electron chi connectivity index (χ1n) is 7.32. The molecule has 112 valence electrons. The van der Waals surface area contributed by atoms with E-state index >= 15 is 0 Å². The SMILES string of the molecule is O=C1CC(C(=O)N2CCN(Cc3ccccc3)CC2)NN1. The number of carbonyl (C=O) groups excluding carboxylic acids is 2. The average molecular weight is 288 g/mol. The Bertz CT molecular complexity index is 512. The number of hydrogen-bond acceptors (Lipinski definition) is 4. The Morgan fingerprint density at radius 1 is 1.14 bits per heavy atom. The van der Waals surface area contributed by atoms with Gasteiger partial charge in [-0.15, -0.1) is 0 Å². The summed E-state index contributed by atoms with van der Waals surface area (Å²) in [6.45, 7) is 4.10. The fourth-order valence-electron chi connectivity index (χ4n) is 2.79. The second kappa shape index (κ2) is 6.24. The third kappa shape index (κ3) is 3.40. The second-order valence-corrected chi connectivity index (χ2v) is 5.54. The van der Waals surface area contributed by atoms with Crippen LogP contribution in [-0.4, -0.2) is 53.8 Å². The lowest BCUT2D eigenvalue weighted by Crippen LogP contribution is -2.53. The van der Waals surface area contributed by atoms with Crippen LogP contribution in [0.2, 0.25) is 0 Å². The van der Waals surface area contributed by atoms with Crippen LogP contribution in [0.4, 0.5) is 0 Å². The van der Waals surface area contributed by atoms with Gasteiger partial charge in [0.05, 0.1) is 6.42 Å². The highest BCUT2D eigenvalue weighted by molar-refractivity contribution is 5.90. The molecule has 2 amide bonds. The Hall–Kier alpha value is -1.92. The average Bonchev–Trinajstić information content (AvgIpc) is 2.95. The van der Waals surface area contributed by atoms with Crippen molar-refractivity contribution in [3.63, 3.8) is 0 Å². The van der Waals surface area contributed by atoms with Gasteiger partial charge in [0.25, 0.3) is 0 Å². The van der Waals surface area contributed by atoms with E-state index in [1.54, 1.807) is 0 Å². The van der Waals surface area contributed by atoms with Gasteiger partial charge in [0.2, 0.25) is 11.8 Å². The van der Waals surface area contributed by atoms with Crippen molar-refractivity contribution < 1.29 is 9.59 Å². The van der Waals surface area contributed by atoms with Crippen LogP contribution in [0.5, 0.6) is 0 Å². The van der Waals surface area contributed by atoms with Gasteiger partial charge in [-0.25, -0.2) is 5.43 Å². The Morgan fingerprint density at radius 2 is 1.86 bits per heavy atom. The number of benzene rings is 1. The van der Waals surface area contributed by atoms with Crippen molar-refractivity contribution in [1.82, 2.24) is 20.7 Å². The molecule has 6 heteroatoms. The predicted molar refractivity (Wildman–Crippen MR) is 78.0 cm³/mol. The highest BCUT2D eigenvalue weighted by Gasteiger charge is 2.32. The van der Waals surface area contributed by atoms with E-state index in [1.807, 2.05) is 23.1 Å². The summed E-state index contributed by atoms with van der Waals surface area (Å²) in [7, 11) is 0. The molecule has 0 aromatic heterocycles. The topological polar surface area (TPSA) is 64.7 Å². The van der Waals surface area contributed by atoms with Crippen molar-refractivity contribution in [2.24, 2.45) is 0 Å². The summed E-state index contributed by atoms with van der Waals surface area (Å²) < 4.78 is 0. The summed E-state index contributed by atoms with van der Waals surface area (Å²) in [5.74, 6) is -0.0937. The number of hydrogen-bond donors (Lipinski definition) is 2. The molecule has 2 fully saturated rings. The Kier molecular flexibility index (Phi) is 4.17. The fraction of sp³-hybridized carbons (Fsp3) is 0.467. The van der Waals surface area contributed by atoms with Gasteiger partial charge in [0, 0.05) is 32.7 Å². The first kappa shape index (κ1) is 14.0. The van der Waals surface area contributed by atoms with Gasteiger partial charge in [-0.05, 0) is 5.56 Å². The van der Waals surface area contributed by atoms with Crippen molar-refractivity contribution in [1.29, 1.82) is 0 Å². The summed E-state index contributed by atoms with van der Waals surface area (Å²) in [4.78, 5) is 27.6. The molecule has 0 saturated carbocycles. The molecule has 6 nitrogen and oxygen atoms in total. The number of amides is 2. The van der Waals surface area contributed by atoms with Crippen LogP contribution >= 0.6 is 0 Å². The maximum atomic E-state index is 12.3. The summed E-state index contributed by atoms with van der Waals surface area (Å²) in [5.41, 5.74) is 6.53. The number of hydrazine groups is 1. The molecule has 2 aliphatic heterocycles. The molecule has 21 heavy (non-hydrogen) atoms. The molecule has 0 bridgehead atoms. The van der Waals surface area contributed by atoms with Crippen molar-refractivity contribution in [2.45, 2.75) is 19.0 Å². The molecule has 0 aliphatic carbocycles. The minimum atomic E-state index is -0.404. The van der Waals surface area contributed by atoms with Gasteiger partial charge in [-0.2, -0.15) is 0 Å². The third-order valence-electron chi connectivity index (χ3n) is 4.01. The normalized spacial score (nSPS) is 23.1. The van der Waals surface area contributed by atoms with Crippen LogP contribution in [0.3, 0.4) is 0 Å². The van der Waals surface area contributed by atoms with E-state index < -0.39 is 6.04 Å². The van der Waals surface area contributed by atoms with Gasteiger partial charge >= 0.3 is 0 Å². The van der Waals surface area contributed by atoms with E-state index in [4.69, 9.17) is 0 Å². The quantitative estimate of drug-likeness (QED) is 0.803. The van der Waals surface area contributed by atoms with Gasteiger partial charge in [0.15, 0.2) is 0 Å². The maximum absolute atomic E-state index is 12.3. The van der Waals surface area contributed by atoms with Crippen molar-refractivity contribution in [3.8, 4) is 0 Å². The van der Waals surface area contributed by atoms with Crippen LogP contribution in [0.25, 0.3) is 0 Å². The Balaban J connectivity index is 1.49. The number of carbonyl (C=O) groups is 2. The molecule has 2 aliphatic rings. The molecule has 0 radical (unpaired) electrons. The largest absolute Gasteiger partial charge is 0.339 e. The summed E-state index contributed by atoms with van der Waals surface area (Å²) in [6, 6.07) is 9.95. The Morgan fingerprint density at radius 3 is 2.48 bits per heavy atom. The molecule has 1 unspecified atom stereocenters. The molecule has 2 saturated heterocycles. The van der Waals surface area contributed by atoms with Gasteiger partial charge in [-0.1, -0.05) is 30.3 Å². The first-order valence-corrected chi connectivity index (χ1v) is 7.32. The second-order valence-electron chi connectivity index (χ2n) is 5.54. The minimum absolute atomic E-state index is 0.0210. The van der Waals surface area contributed by atoms with Crippen molar-refractivity contribution in [2.75, 3.05) is 26.2 Å². The monoisotopic (exact) mass is 288 g/mol.